The van der Waals surface area contributed by atoms with Crippen molar-refractivity contribution >= 4 is 16.7 Å². The molecular formula is C18H21N3. The number of nitrogens with zero attached hydrogens (tertiary/aromatic N) is 2. The van der Waals surface area contributed by atoms with E-state index in [1.165, 1.54) is 11.1 Å². The zero-order valence-electron chi connectivity index (χ0n) is 12.6. The Morgan fingerprint density at radius 3 is 2.67 bits per heavy atom. The van der Waals surface area contributed by atoms with Crippen molar-refractivity contribution in [1.82, 2.24) is 9.55 Å². The molecule has 3 aromatic rings. The van der Waals surface area contributed by atoms with E-state index in [-0.39, 0.29) is 0 Å². The SMILES string of the molecule is CCCc1nc2c(N)cccc2n1Cc1ccccc1C. The van der Waals surface area contributed by atoms with Crippen LogP contribution in [0.15, 0.2) is 42.5 Å². The quantitative estimate of drug-likeness (QED) is 0.735. The molecule has 0 aliphatic carbocycles. The van der Waals surface area contributed by atoms with Crippen LogP contribution in [0.1, 0.15) is 30.3 Å². The fourth-order valence-electron chi connectivity index (χ4n) is 2.77. The number of benzene rings is 2. The molecule has 3 rings (SSSR count). The van der Waals surface area contributed by atoms with Crippen molar-refractivity contribution in [2.45, 2.75) is 33.2 Å². The van der Waals surface area contributed by atoms with Gasteiger partial charge >= 0.3 is 0 Å². The van der Waals surface area contributed by atoms with Gasteiger partial charge < -0.3 is 10.3 Å². The molecule has 0 amide bonds. The van der Waals surface area contributed by atoms with Crippen LogP contribution in [0.5, 0.6) is 0 Å². The maximum absolute atomic E-state index is 6.08. The number of hydrogen-bond donors (Lipinski definition) is 1. The fraction of sp³-hybridized carbons (Fsp3) is 0.278. The van der Waals surface area contributed by atoms with Gasteiger partial charge in [0.15, 0.2) is 0 Å². The van der Waals surface area contributed by atoms with Crippen LogP contribution >= 0.6 is 0 Å². The molecule has 108 valence electrons. The Morgan fingerprint density at radius 2 is 1.90 bits per heavy atom. The molecule has 2 N–H and O–H groups in total. The van der Waals surface area contributed by atoms with Crippen LogP contribution in [-0.2, 0) is 13.0 Å². The van der Waals surface area contributed by atoms with Gasteiger partial charge in [-0.15, -0.1) is 0 Å². The molecule has 2 aromatic carbocycles. The first-order valence-corrected chi connectivity index (χ1v) is 7.48. The number of nitrogens with two attached hydrogens (primary N) is 1. The Hall–Kier alpha value is -2.29. The van der Waals surface area contributed by atoms with Crippen molar-refractivity contribution in [2.75, 3.05) is 5.73 Å². The van der Waals surface area contributed by atoms with E-state index >= 15 is 0 Å². The summed E-state index contributed by atoms with van der Waals surface area (Å²) in [7, 11) is 0. The van der Waals surface area contributed by atoms with Crippen molar-refractivity contribution < 1.29 is 0 Å². The number of imidazole rings is 1. The molecule has 3 heteroatoms. The standard InChI is InChI=1S/C18H21N3/c1-3-7-17-20-18-15(19)10-6-11-16(18)21(17)12-14-9-5-4-8-13(14)2/h4-6,8-11H,3,7,12,19H2,1-2H3. The van der Waals surface area contributed by atoms with E-state index in [0.717, 1.165) is 41.9 Å². The summed E-state index contributed by atoms with van der Waals surface area (Å²) in [5.74, 6) is 1.12. The minimum atomic E-state index is 0.758. The summed E-state index contributed by atoms with van der Waals surface area (Å²) in [5, 5.41) is 0. The average molecular weight is 279 g/mol. The summed E-state index contributed by atoms with van der Waals surface area (Å²) in [5.41, 5.74) is 11.5. The van der Waals surface area contributed by atoms with Gasteiger partial charge in [0.05, 0.1) is 11.2 Å². The Kier molecular flexibility index (Phi) is 3.65. The lowest BCUT2D eigenvalue weighted by Gasteiger charge is -2.11. The number of anilines is 1. The van der Waals surface area contributed by atoms with Gasteiger partial charge in [0.2, 0.25) is 0 Å². The van der Waals surface area contributed by atoms with Crippen LogP contribution in [-0.4, -0.2) is 9.55 Å². The molecule has 0 aliphatic heterocycles. The van der Waals surface area contributed by atoms with Crippen LogP contribution in [0.2, 0.25) is 0 Å². The zero-order chi connectivity index (χ0) is 14.8. The highest BCUT2D eigenvalue weighted by Gasteiger charge is 2.12. The first kappa shape index (κ1) is 13.7. The van der Waals surface area contributed by atoms with E-state index in [1.54, 1.807) is 0 Å². The van der Waals surface area contributed by atoms with Crippen molar-refractivity contribution in [2.24, 2.45) is 0 Å². The van der Waals surface area contributed by atoms with Gasteiger partial charge in [-0.05, 0) is 36.6 Å². The highest BCUT2D eigenvalue weighted by Crippen LogP contribution is 2.24. The summed E-state index contributed by atoms with van der Waals surface area (Å²) in [6.07, 6.45) is 2.05. The molecule has 0 aliphatic rings. The van der Waals surface area contributed by atoms with Crippen molar-refractivity contribution in [3.63, 3.8) is 0 Å². The Morgan fingerprint density at radius 1 is 1.10 bits per heavy atom. The Balaban J connectivity index is 2.13. The van der Waals surface area contributed by atoms with Crippen molar-refractivity contribution in [1.29, 1.82) is 0 Å². The van der Waals surface area contributed by atoms with E-state index in [4.69, 9.17) is 10.7 Å². The summed E-state index contributed by atoms with van der Waals surface area (Å²) < 4.78 is 2.30. The molecule has 0 atom stereocenters. The fourth-order valence-corrected chi connectivity index (χ4v) is 2.77. The molecule has 1 heterocycles. The Bertz CT molecular complexity index is 771. The van der Waals surface area contributed by atoms with Crippen molar-refractivity contribution in [3.05, 3.63) is 59.4 Å². The van der Waals surface area contributed by atoms with Crippen LogP contribution in [0, 0.1) is 6.92 Å². The zero-order valence-corrected chi connectivity index (χ0v) is 12.6. The van der Waals surface area contributed by atoms with E-state index < -0.39 is 0 Å². The largest absolute Gasteiger partial charge is 0.397 e. The van der Waals surface area contributed by atoms with Gasteiger partial charge in [-0.3, -0.25) is 0 Å². The second-order valence-corrected chi connectivity index (χ2v) is 5.51. The third kappa shape index (κ3) is 2.51. The lowest BCUT2D eigenvalue weighted by Crippen LogP contribution is -2.06. The topological polar surface area (TPSA) is 43.8 Å². The molecule has 21 heavy (non-hydrogen) atoms. The number of aryl methyl sites for hydroxylation is 2. The van der Waals surface area contributed by atoms with Gasteiger partial charge in [0.25, 0.3) is 0 Å². The molecule has 0 unspecified atom stereocenters. The number of nitrogen functional groups attached to an aromatic ring is 1. The number of fused-ring (bicyclic) bond motifs is 1. The second-order valence-electron chi connectivity index (χ2n) is 5.51. The monoisotopic (exact) mass is 279 g/mol. The maximum Gasteiger partial charge on any atom is 0.112 e. The van der Waals surface area contributed by atoms with Gasteiger partial charge in [-0.1, -0.05) is 37.3 Å². The highest BCUT2D eigenvalue weighted by molar-refractivity contribution is 5.87. The molecule has 3 nitrogen and oxygen atoms in total. The summed E-state index contributed by atoms with van der Waals surface area (Å²) in [6.45, 7) is 5.19. The third-order valence-electron chi connectivity index (χ3n) is 3.95. The Labute approximate surface area is 125 Å². The predicted molar refractivity (Wildman–Crippen MR) is 88.4 cm³/mol. The summed E-state index contributed by atoms with van der Waals surface area (Å²) in [4.78, 5) is 4.77. The smallest absolute Gasteiger partial charge is 0.112 e. The average Bonchev–Trinajstić information content (AvgIpc) is 2.82. The van der Waals surface area contributed by atoms with Crippen LogP contribution in [0.4, 0.5) is 5.69 Å². The lowest BCUT2D eigenvalue weighted by atomic mass is 10.1. The van der Waals surface area contributed by atoms with Gasteiger partial charge in [0, 0.05) is 13.0 Å². The number of para-hydroxylation sites is 1. The van der Waals surface area contributed by atoms with Gasteiger partial charge in [-0.2, -0.15) is 0 Å². The first-order valence-electron chi connectivity index (χ1n) is 7.48. The first-order chi connectivity index (χ1) is 10.2. The summed E-state index contributed by atoms with van der Waals surface area (Å²) >= 11 is 0. The number of aromatic nitrogens is 2. The van der Waals surface area contributed by atoms with E-state index in [0.29, 0.717) is 0 Å². The predicted octanol–water partition coefficient (Wildman–Crippen LogP) is 3.93. The molecule has 1 aromatic heterocycles. The molecule has 0 saturated carbocycles. The normalized spacial score (nSPS) is 11.1. The van der Waals surface area contributed by atoms with E-state index in [2.05, 4.69) is 48.7 Å². The number of rotatable bonds is 4. The molecular weight excluding hydrogens is 258 g/mol. The highest BCUT2D eigenvalue weighted by atomic mass is 15.1. The lowest BCUT2D eigenvalue weighted by molar-refractivity contribution is 0.719. The maximum atomic E-state index is 6.08. The van der Waals surface area contributed by atoms with Crippen LogP contribution in [0.3, 0.4) is 0 Å². The molecule has 0 spiro atoms. The summed E-state index contributed by atoms with van der Waals surface area (Å²) in [6, 6.07) is 14.5. The molecule has 0 saturated heterocycles. The van der Waals surface area contributed by atoms with Crippen LogP contribution in [0.25, 0.3) is 11.0 Å². The van der Waals surface area contributed by atoms with E-state index in [1.807, 2.05) is 12.1 Å². The third-order valence-corrected chi connectivity index (χ3v) is 3.95. The molecule has 0 bridgehead atoms. The van der Waals surface area contributed by atoms with Gasteiger partial charge in [0.1, 0.15) is 11.3 Å². The molecule has 0 radical (unpaired) electrons. The molecule has 0 fully saturated rings. The van der Waals surface area contributed by atoms with E-state index in [9.17, 15) is 0 Å². The minimum absolute atomic E-state index is 0.758. The van der Waals surface area contributed by atoms with Gasteiger partial charge in [-0.25, -0.2) is 4.98 Å². The van der Waals surface area contributed by atoms with Crippen molar-refractivity contribution in [3.8, 4) is 0 Å². The second kappa shape index (κ2) is 5.60. The minimum Gasteiger partial charge on any atom is -0.397 e. The number of hydrogen-bond acceptors (Lipinski definition) is 2. The van der Waals surface area contributed by atoms with Crippen LogP contribution < -0.4 is 5.73 Å².